The number of aromatic nitrogens is 3. The molecule has 0 spiro atoms. The summed E-state index contributed by atoms with van der Waals surface area (Å²) in [5.41, 5.74) is 0. The van der Waals surface area contributed by atoms with Crippen molar-refractivity contribution in [3.63, 3.8) is 0 Å². The van der Waals surface area contributed by atoms with Crippen LogP contribution in [0, 0.1) is 5.92 Å². The van der Waals surface area contributed by atoms with Crippen molar-refractivity contribution in [3.05, 3.63) is 43.0 Å². The molecule has 2 aromatic heterocycles. The van der Waals surface area contributed by atoms with Crippen molar-refractivity contribution < 1.29 is 4.79 Å². The Balaban J connectivity index is 1.64. The van der Waals surface area contributed by atoms with Crippen molar-refractivity contribution in [1.29, 1.82) is 0 Å². The average molecular weight is 283 g/mol. The van der Waals surface area contributed by atoms with Crippen LogP contribution in [0.15, 0.2) is 43.0 Å². The Kier molecular flexibility index (Phi) is 4.04. The molecule has 0 saturated carbocycles. The molecule has 3 rings (SSSR count). The van der Waals surface area contributed by atoms with Gasteiger partial charge in [0.15, 0.2) is 0 Å². The lowest BCUT2D eigenvalue weighted by Gasteiger charge is -2.32. The molecule has 0 bridgehead atoms. The van der Waals surface area contributed by atoms with Gasteiger partial charge in [0.25, 0.3) is 0 Å². The smallest absolute Gasteiger partial charge is 0.230 e. The molecule has 6 nitrogen and oxygen atoms in total. The molecule has 108 valence electrons. The lowest BCUT2D eigenvalue weighted by molar-refractivity contribution is -0.120. The van der Waals surface area contributed by atoms with Crippen LogP contribution in [0.1, 0.15) is 12.8 Å². The molecule has 1 aliphatic heterocycles. The molecule has 1 aliphatic rings. The zero-order valence-corrected chi connectivity index (χ0v) is 11.6. The number of amides is 1. The first-order valence-electron chi connectivity index (χ1n) is 7.06. The van der Waals surface area contributed by atoms with Crippen LogP contribution in [0.5, 0.6) is 0 Å². The lowest BCUT2D eigenvalue weighted by Crippen LogP contribution is -2.41. The summed E-state index contributed by atoms with van der Waals surface area (Å²) < 4.78 is 0. The van der Waals surface area contributed by atoms with Crippen molar-refractivity contribution in [1.82, 2.24) is 15.0 Å². The van der Waals surface area contributed by atoms with Crippen LogP contribution < -0.4 is 10.2 Å². The Labute approximate surface area is 123 Å². The minimum Gasteiger partial charge on any atom is -0.355 e. The van der Waals surface area contributed by atoms with Crippen LogP contribution in [0.4, 0.5) is 11.6 Å². The summed E-state index contributed by atoms with van der Waals surface area (Å²) >= 11 is 0. The molecule has 1 fully saturated rings. The van der Waals surface area contributed by atoms with Gasteiger partial charge < -0.3 is 10.2 Å². The average Bonchev–Trinajstić information content (AvgIpc) is 2.57. The van der Waals surface area contributed by atoms with Crippen LogP contribution in [0.3, 0.4) is 0 Å². The number of nitrogens with one attached hydrogen (secondary N) is 1. The molecule has 0 radical (unpaired) electrons. The Morgan fingerprint density at radius 1 is 1.24 bits per heavy atom. The van der Waals surface area contributed by atoms with Crippen LogP contribution >= 0.6 is 0 Å². The highest BCUT2D eigenvalue weighted by atomic mass is 16.2. The maximum absolute atomic E-state index is 12.3. The van der Waals surface area contributed by atoms with Gasteiger partial charge in [0, 0.05) is 31.7 Å². The Morgan fingerprint density at radius 2 is 2.19 bits per heavy atom. The SMILES string of the molecule is O=C(Nc1ccccn1)[C@@H]1CCCN(c2cnccn2)C1. The van der Waals surface area contributed by atoms with Gasteiger partial charge in [-0.05, 0) is 25.0 Å². The minimum atomic E-state index is -0.0530. The van der Waals surface area contributed by atoms with E-state index in [1.807, 2.05) is 12.1 Å². The van der Waals surface area contributed by atoms with E-state index < -0.39 is 0 Å². The summed E-state index contributed by atoms with van der Waals surface area (Å²) in [5, 5.41) is 2.87. The Bertz CT molecular complexity index is 590. The van der Waals surface area contributed by atoms with Crippen molar-refractivity contribution in [3.8, 4) is 0 Å². The van der Waals surface area contributed by atoms with Gasteiger partial charge in [-0.2, -0.15) is 0 Å². The number of piperidine rings is 1. The van der Waals surface area contributed by atoms with Crippen molar-refractivity contribution in [2.75, 3.05) is 23.3 Å². The van der Waals surface area contributed by atoms with Gasteiger partial charge in [-0.1, -0.05) is 6.07 Å². The molecule has 1 N–H and O–H groups in total. The third-order valence-corrected chi connectivity index (χ3v) is 3.58. The molecular weight excluding hydrogens is 266 g/mol. The van der Waals surface area contributed by atoms with E-state index in [2.05, 4.69) is 25.2 Å². The normalized spacial score (nSPS) is 18.3. The zero-order valence-electron chi connectivity index (χ0n) is 11.6. The van der Waals surface area contributed by atoms with Crippen molar-refractivity contribution in [2.45, 2.75) is 12.8 Å². The highest BCUT2D eigenvalue weighted by molar-refractivity contribution is 5.92. The third kappa shape index (κ3) is 3.34. The number of nitrogens with zero attached hydrogens (tertiary/aromatic N) is 4. The highest BCUT2D eigenvalue weighted by Gasteiger charge is 2.26. The Morgan fingerprint density at radius 3 is 2.95 bits per heavy atom. The number of carbonyl (C=O) groups is 1. The summed E-state index contributed by atoms with van der Waals surface area (Å²) in [6.45, 7) is 1.57. The molecule has 1 atom stereocenters. The number of hydrogen-bond acceptors (Lipinski definition) is 5. The molecule has 3 heterocycles. The summed E-state index contributed by atoms with van der Waals surface area (Å²) in [6.07, 6.45) is 8.58. The molecule has 6 heteroatoms. The summed E-state index contributed by atoms with van der Waals surface area (Å²) in [5.74, 6) is 1.39. The first-order valence-corrected chi connectivity index (χ1v) is 7.06. The third-order valence-electron chi connectivity index (χ3n) is 3.58. The van der Waals surface area contributed by atoms with Gasteiger partial charge in [-0.3, -0.25) is 9.78 Å². The summed E-state index contributed by atoms with van der Waals surface area (Å²) in [7, 11) is 0. The fourth-order valence-electron chi connectivity index (χ4n) is 2.52. The number of pyridine rings is 1. The van der Waals surface area contributed by atoms with E-state index in [0.717, 1.165) is 25.2 Å². The number of anilines is 2. The first-order chi connectivity index (χ1) is 10.3. The molecule has 1 saturated heterocycles. The maximum Gasteiger partial charge on any atom is 0.230 e. The second-order valence-electron chi connectivity index (χ2n) is 5.05. The number of rotatable bonds is 3. The fourth-order valence-corrected chi connectivity index (χ4v) is 2.52. The van der Waals surface area contributed by atoms with E-state index in [9.17, 15) is 4.79 Å². The topological polar surface area (TPSA) is 71.0 Å². The van der Waals surface area contributed by atoms with E-state index in [0.29, 0.717) is 12.4 Å². The lowest BCUT2D eigenvalue weighted by atomic mass is 9.97. The van der Waals surface area contributed by atoms with Gasteiger partial charge >= 0.3 is 0 Å². The Hall–Kier alpha value is -2.50. The highest BCUT2D eigenvalue weighted by Crippen LogP contribution is 2.21. The zero-order chi connectivity index (χ0) is 14.5. The van der Waals surface area contributed by atoms with Crippen molar-refractivity contribution in [2.24, 2.45) is 5.92 Å². The molecule has 2 aromatic rings. The van der Waals surface area contributed by atoms with Crippen molar-refractivity contribution >= 4 is 17.5 Å². The fraction of sp³-hybridized carbons (Fsp3) is 0.333. The molecule has 0 aliphatic carbocycles. The monoisotopic (exact) mass is 283 g/mol. The molecule has 21 heavy (non-hydrogen) atoms. The van der Waals surface area contributed by atoms with E-state index in [4.69, 9.17) is 0 Å². The standard InChI is InChI=1S/C15H17N5O/c21-15(19-13-5-1-2-6-17-13)12-4-3-9-20(11-12)14-10-16-7-8-18-14/h1-2,5-8,10,12H,3-4,9,11H2,(H,17,19,21)/t12-/m1/s1. The predicted octanol–water partition coefficient (Wildman–Crippen LogP) is 1.73. The molecule has 0 aromatic carbocycles. The maximum atomic E-state index is 12.3. The van der Waals surface area contributed by atoms with Gasteiger partial charge in [0.2, 0.25) is 5.91 Å². The molecular formula is C15H17N5O. The van der Waals surface area contributed by atoms with Crippen LogP contribution in [0.2, 0.25) is 0 Å². The number of carbonyl (C=O) groups excluding carboxylic acids is 1. The van der Waals surface area contributed by atoms with E-state index in [-0.39, 0.29) is 11.8 Å². The summed E-state index contributed by atoms with van der Waals surface area (Å²) in [6, 6.07) is 5.47. The molecule has 1 amide bonds. The first kappa shape index (κ1) is 13.5. The van der Waals surface area contributed by atoms with Gasteiger partial charge in [0.1, 0.15) is 11.6 Å². The van der Waals surface area contributed by atoms with E-state index in [1.165, 1.54) is 0 Å². The predicted molar refractivity (Wildman–Crippen MR) is 79.8 cm³/mol. The van der Waals surface area contributed by atoms with Crippen LogP contribution in [-0.2, 0) is 4.79 Å². The second-order valence-corrected chi connectivity index (χ2v) is 5.05. The van der Waals surface area contributed by atoms with Gasteiger partial charge in [0.05, 0.1) is 12.1 Å². The summed E-state index contributed by atoms with van der Waals surface area (Å²) in [4.78, 5) is 26.9. The second kappa shape index (κ2) is 6.30. The van der Waals surface area contributed by atoms with Crippen LogP contribution in [-0.4, -0.2) is 33.9 Å². The van der Waals surface area contributed by atoms with E-state index >= 15 is 0 Å². The minimum absolute atomic E-state index is 0.0160. The molecule has 0 unspecified atom stereocenters. The van der Waals surface area contributed by atoms with Gasteiger partial charge in [-0.25, -0.2) is 9.97 Å². The quantitative estimate of drug-likeness (QED) is 0.928. The van der Waals surface area contributed by atoms with Gasteiger partial charge in [-0.15, -0.1) is 0 Å². The largest absolute Gasteiger partial charge is 0.355 e. The number of hydrogen-bond donors (Lipinski definition) is 1. The van der Waals surface area contributed by atoms with Crippen LogP contribution in [0.25, 0.3) is 0 Å². The van der Waals surface area contributed by atoms with E-state index in [1.54, 1.807) is 30.9 Å².